The number of nitrogens with one attached hydrogen (secondary N) is 2. The minimum Gasteiger partial charge on any atom is -0.280 e. The van der Waals surface area contributed by atoms with E-state index in [9.17, 15) is 8.42 Å². The number of anilines is 1. The van der Waals surface area contributed by atoms with Crippen LogP contribution >= 0.6 is 11.3 Å². The lowest BCUT2D eigenvalue weighted by atomic mass is 9.91. The number of sulfonamides is 1. The van der Waals surface area contributed by atoms with Gasteiger partial charge in [0, 0.05) is 11.8 Å². The first-order valence-electron chi connectivity index (χ1n) is 5.87. The van der Waals surface area contributed by atoms with Crippen molar-refractivity contribution in [3.63, 3.8) is 0 Å². The van der Waals surface area contributed by atoms with Gasteiger partial charge in [-0.1, -0.05) is 26.8 Å². The Morgan fingerprint density at radius 2 is 2.16 bits per heavy atom. The SMILES string of the molecule is CC(C)(C)Cc1cc(NS(=O)(=O)c2cccs2)n[nH]1. The molecular formula is C12H17N3O2S2. The van der Waals surface area contributed by atoms with Gasteiger partial charge in [0.15, 0.2) is 5.82 Å². The molecule has 5 nitrogen and oxygen atoms in total. The summed E-state index contributed by atoms with van der Waals surface area (Å²) in [5.74, 6) is 0.327. The Balaban J connectivity index is 2.13. The van der Waals surface area contributed by atoms with Gasteiger partial charge in [0.25, 0.3) is 10.0 Å². The van der Waals surface area contributed by atoms with Gasteiger partial charge in [-0.25, -0.2) is 8.42 Å². The second-order valence-corrected chi connectivity index (χ2v) is 8.41. The predicted molar refractivity (Wildman–Crippen MR) is 76.9 cm³/mol. The lowest BCUT2D eigenvalue weighted by Gasteiger charge is -2.15. The maximum atomic E-state index is 12.0. The Labute approximate surface area is 117 Å². The van der Waals surface area contributed by atoms with Crippen molar-refractivity contribution in [3.8, 4) is 0 Å². The highest BCUT2D eigenvalue weighted by atomic mass is 32.2. The van der Waals surface area contributed by atoms with Crippen molar-refractivity contribution in [3.05, 3.63) is 29.3 Å². The van der Waals surface area contributed by atoms with Gasteiger partial charge in [-0.05, 0) is 23.3 Å². The van der Waals surface area contributed by atoms with E-state index in [0.29, 0.717) is 5.82 Å². The van der Waals surface area contributed by atoms with E-state index >= 15 is 0 Å². The van der Waals surface area contributed by atoms with E-state index in [1.807, 2.05) is 0 Å². The fourth-order valence-electron chi connectivity index (χ4n) is 1.68. The van der Waals surface area contributed by atoms with Crippen LogP contribution in [0.15, 0.2) is 27.8 Å². The van der Waals surface area contributed by atoms with Crippen LogP contribution in [0.4, 0.5) is 5.82 Å². The fraction of sp³-hybridized carbons (Fsp3) is 0.417. The van der Waals surface area contributed by atoms with Crippen LogP contribution in [0.3, 0.4) is 0 Å². The summed E-state index contributed by atoms with van der Waals surface area (Å²) in [6.07, 6.45) is 0.806. The van der Waals surface area contributed by atoms with Gasteiger partial charge >= 0.3 is 0 Å². The number of thiophene rings is 1. The van der Waals surface area contributed by atoms with Crippen LogP contribution in [0.25, 0.3) is 0 Å². The zero-order valence-corrected chi connectivity index (χ0v) is 12.7. The molecule has 0 spiro atoms. The molecule has 2 aromatic rings. The molecule has 0 aromatic carbocycles. The van der Waals surface area contributed by atoms with Crippen LogP contribution in [-0.2, 0) is 16.4 Å². The molecule has 0 atom stereocenters. The zero-order chi connectivity index (χ0) is 14.1. The second-order valence-electron chi connectivity index (χ2n) is 5.55. The third-order valence-corrected chi connectivity index (χ3v) is 5.10. The molecule has 0 aliphatic rings. The Kier molecular flexibility index (Phi) is 3.69. The summed E-state index contributed by atoms with van der Waals surface area (Å²) < 4.78 is 26.8. The van der Waals surface area contributed by atoms with Crippen LogP contribution in [0.2, 0.25) is 0 Å². The first-order valence-corrected chi connectivity index (χ1v) is 8.23. The summed E-state index contributed by atoms with van der Waals surface area (Å²) in [6, 6.07) is 5.00. The minimum absolute atomic E-state index is 0.121. The lowest BCUT2D eigenvalue weighted by molar-refractivity contribution is 0.406. The van der Waals surface area contributed by atoms with Crippen LogP contribution in [0.5, 0.6) is 0 Å². The van der Waals surface area contributed by atoms with Crippen molar-refractivity contribution in [1.29, 1.82) is 0 Å². The van der Waals surface area contributed by atoms with Crippen LogP contribution in [0, 0.1) is 5.41 Å². The van der Waals surface area contributed by atoms with Gasteiger partial charge in [0.05, 0.1) is 0 Å². The number of nitrogens with zero attached hydrogens (tertiary/aromatic N) is 1. The molecule has 0 aliphatic carbocycles. The van der Waals surface area contributed by atoms with Gasteiger partial charge in [-0.15, -0.1) is 11.3 Å². The molecule has 2 aromatic heterocycles. The predicted octanol–water partition coefficient (Wildman–Crippen LogP) is 2.86. The maximum absolute atomic E-state index is 12.0. The van der Waals surface area contributed by atoms with E-state index in [1.165, 1.54) is 11.3 Å². The molecular weight excluding hydrogens is 282 g/mol. The Morgan fingerprint density at radius 3 is 2.74 bits per heavy atom. The van der Waals surface area contributed by atoms with E-state index < -0.39 is 10.0 Å². The van der Waals surface area contributed by atoms with Crippen LogP contribution in [-0.4, -0.2) is 18.6 Å². The molecule has 0 radical (unpaired) electrons. The van der Waals surface area contributed by atoms with E-state index in [4.69, 9.17) is 0 Å². The molecule has 0 bridgehead atoms. The van der Waals surface area contributed by atoms with Crippen molar-refractivity contribution < 1.29 is 8.42 Å². The van der Waals surface area contributed by atoms with Crippen molar-refractivity contribution in [2.24, 2.45) is 5.41 Å². The van der Waals surface area contributed by atoms with Gasteiger partial charge in [-0.3, -0.25) is 9.82 Å². The third kappa shape index (κ3) is 3.81. The largest absolute Gasteiger partial charge is 0.280 e. The molecule has 0 saturated carbocycles. The fourth-order valence-corrected chi connectivity index (χ4v) is 3.67. The van der Waals surface area contributed by atoms with Gasteiger partial charge in [0.2, 0.25) is 0 Å². The zero-order valence-electron chi connectivity index (χ0n) is 11.1. The first-order chi connectivity index (χ1) is 8.76. The Bertz CT molecular complexity index is 637. The summed E-state index contributed by atoms with van der Waals surface area (Å²) >= 11 is 1.18. The monoisotopic (exact) mass is 299 g/mol. The molecule has 0 amide bonds. The summed E-state index contributed by atoms with van der Waals surface area (Å²) in [4.78, 5) is 0. The molecule has 19 heavy (non-hydrogen) atoms. The highest BCUT2D eigenvalue weighted by molar-refractivity contribution is 7.94. The van der Waals surface area contributed by atoms with E-state index in [0.717, 1.165) is 12.1 Å². The van der Waals surface area contributed by atoms with Crippen LogP contribution < -0.4 is 4.72 Å². The number of rotatable bonds is 4. The van der Waals surface area contributed by atoms with E-state index in [1.54, 1.807) is 23.6 Å². The number of hydrogen-bond acceptors (Lipinski definition) is 4. The van der Waals surface area contributed by atoms with Crippen molar-refractivity contribution in [2.75, 3.05) is 4.72 Å². The highest BCUT2D eigenvalue weighted by Crippen LogP contribution is 2.22. The van der Waals surface area contributed by atoms with Gasteiger partial charge in [-0.2, -0.15) is 5.10 Å². The molecule has 0 fully saturated rings. The molecule has 7 heteroatoms. The normalized spacial score (nSPS) is 12.6. The topological polar surface area (TPSA) is 74.8 Å². The summed E-state index contributed by atoms with van der Waals surface area (Å²) in [5.41, 5.74) is 1.03. The Hall–Kier alpha value is -1.34. The average molecular weight is 299 g/mol. The van der Waals surface area contributed by atoms with Gasteiger partial charge < -0.3 is 0 Å². The molecule has 2 rings (SSSR count). The summed E-state index contributed by atoms with van der Waals surface area (Å²) in [5, 5.41) is 8.57. The number of hydrogen-bond donors (Lipinski definition) is 2. The number of H-pyrrole nitrogens is 1. The molecule has 104 valence electrons. The Morgan fingerprint density at radius 1 is 1.42 bits per heavy atom. The maximum Gasteiger partial charge on any atom is 0.272 e. The lowest BCUT2D eigenvalue weighted by Crippen LogP contribution is -2.11. The average Bonchev–Trinajstić information content (AvgIpc) is 2.86. The molecule has 0 unspecified atom stereocenters. The molecule has 2 heterocycles. The smallest absolute Gasteiger partial charge is 0.272 e. The molecule has 0 aliphatic heterocycles. The van der Waals surface area contributed by atoms with E-state index in [2.05, 4.69) is 35.7 Å². The summed E-state index contributed by atoms with van der Waals surface area (Å²) in [6.45, 7) is 6.34. The standard InChI is InChI=1S/C12H17N3O2S2/c1-12(2,3)8-9-7-10(14-13-9)15-19(16,17)11-5-4-6-18-11/h4-7H,8H2,1-3H3,(H2,13,14,15). The summed E-state index contributed by atoms with van der Waals surface area (Å²) in [7, 11) is -3.51. The number of aromatic amines is 1. The minimum atomic E-state index is -3.51. The van der Waals surface area contributed by atoms with Crippen LogP contribution in [0.1, 0.15) is 26.5 Å². The number of aromatic nitrogens is 2. The quantitative estimate of drug-likeness (QED) is 0.911. The third-order valence-electron chi connectivity index (χ3n) is 2.35. The van der Waals surface area contributed by atoms with Crippen molar-refractivity contribution >= 4 is 27.2 Å². The van der Waals surface area contributed by atoms with Gasteiger partial charge in [0.1, 0.15) is 4.21 Å². The second kappa shape index (κ2) is 4.97. The van der Waals surface area contributed by atoms with Crippen molar-refractivity contribution in [1.82, 2.24) is 10.2 Å². The molecule has 2 N–H and O–H groups in total. The molecule has 0 saturated heterocycles. The first kappa shape index (κ1) is 14.1. The highest BCUT2D eigenvalue weighted by Gasteiger charge is 2.18. The van der Waals surface area contributed by atoms with Crippen molar-refractivity contribution in [2.45, 2.75) is 31.4 Å². The van der Waals surface area contributed by atoms with E-state index in [-0.39, 0.29) is 9.62 Å².